The first-order valence-corrected chi connectivity index (χ1v) is 6.03. The second-order valence-corrected chi connectivity index (χ2v) is 4.31. The van der Waals surface area contributed by atoms with Gasteiger partial charge in [-0.25, -0.2) is 0 Å². The zero-order valence-electron chi connectivity index (χ0n) is 8.41. The first-order chi connectivity index (χ1) is 6.65. The summed E-state index contributed by atoms with van der Waals surface area (Å²) in [6, 6.07) is 0. The molecule has 4 heteroatoms. The molecule has 0 aromatic carbocycles. The lowest BCUT2D eigenvalue weighted by molar-refractivity contribution is -0.131. The Kier molecular flexibility index (Phi) is 4.20. The van der Waals surface area contributed by atoms with Gasteiger partial charge in [-0.15, -0.1) is 0 Å². The highest BCUT2D eigenvalue weighted by molar-refractivity contribution is 7.98. The predicted octanol–water partition coefficient (Wildman–Crippen LogP) is 1.44. The average Bonchev–Trinajstić information content (AvgIpc) is 2.46. The van der Waals surface area contributed by atoms with Crippen molar-refractivity contribution in [2.45, 2.75) is 19.3 Å². The van der Waals surface area contributed by atoms with Crippen LogP contribution in [0.25, 0.3) is 0 Å². The number of hydrogen-bond donors (Lipinski definition) is 0. The third kappa shape index (κ3) is 2.87. The van der Waals surface area contributed by atoms with E-state index in [2.05, 4.69) is 6.58 Å². The Morgan fingerprint density at radius 2 is 2.29 bits per heavy atom. The van der Waals surface area contributed by atoms with Crippen molar-refractivity contribution >= 4 is 23.5 Å². The summed E-state index contributed by atoms with van der Waals surface area (Å²) < 4.78 is 0. The minimum Gasteiger partial charge on any atom is -0.309 e. The maximum absolute atomic E-state index is 11.4. The van der Waals surface area contributed by atoms with E-state index in [1.807, 2.05) is 6.26 Å². The molecule has 1 aliphatic heterocycles. The van der Waals surface area contributed by atoms with Crippen molar-refractivity contribution in [2.24, 2.45) is 0 Å². The first-order valence-electron chi connectivity index (χ1n) is 4.64. The van der Waals surface area contributed by atoms with Crippen LogP contribution in [0.15, 0.2) is 12.3 Å². The van der Waals surface area contributed by atoms with Crippen molar-refractivity contribution in [3.63, 3.8) is 0 Å². The molecule has 0 unspecified atom stereocenters. The molecule has 0 bridgehead atoms. The van der Waals surface area contributed by atoms with Gasteiger partial charge < -0.3 is 4.90 Å². The molecule has 1 fully saturated rings. The van der Waals surface area contributed by atoms with Gasteiger partial charge >= 0.3 is 0 Å². The van der Waals surface area contributed by atoms with Gasteiger partial charge in [0.25, 0.3) is 0 Å². The number of carbonyl (C=O) groups is 2. The molecule has 1 heterocycles. The number of thioether (sulfide) groups is 1. The fraction of sp³-hybridized carbons (Fsp3) is 0.600. The lowest BCUT2D eigenvalue weighted by atomic mass is 10.3. The molecule has 3 nitrogen and oxygen atoms in total. The van der Waals surface area contributed by atoms with Crippen LogP contribution in [-0.2, 0) is 9.59 Å². The van der Waals surface area contributed by atoms with Gasteiger partial charge in [0, 0.05) is 18.5 Å². The van der Waals surface area contributed by atoms with Crippen LogP contribution in [0.3, 0.4) is 0 Å². The van der Waals surface area contributed by atoms with Crippen molar-refractivity contribution < 1.29 is 9.59 Å². The SMILES string of the molecule is C=C1CCC(=O)N1CC(=O)CCSC. The highest BCUT2D eigenvalue weighted by Crippen LogP contribution is 2.20. The Morgan fingerprint density at radius 3 is 2.79 bits per heavy atom. The number of carbonyl (C=O) groups excluding carboxylic acids is 2. The van der Waals surface area contributed by atoms with E-state index in [-0.39, 0.29) is 18.2 Å². The number of hydrogen-bond acceptors (Lipinski definition) is 3. The van der Waals surface area contributed by atoms with Crippen LogP contribution < -0.4 is 0 Å². The fourth-order valence-electron chi connectivity index (χ4n) is 1.37. The van der Waals surface area contributed by atoms with Gasteiger partial charge in [0.2, 0.25) is 5.91 Å². The molecule has 14 heavy (non-hydrogen) atoms. The zero-order valence-corrected chi connectivity index (χ0v) is 9.23. The maximum Gasteiger partial charge on any atom is 0.227 e. The van der Waals surface area contributed by atoms with E-state index in [0.29, 0.717) is 19.3 Å². The van der Waals surface area contributed by atoms with E-state index < -0.39 is 0 Å². The highest BCUT2D eigenvalue weighted by Gasteiger charge is 2.25. The minimum atomic E-state index is 0.0347. The summed E-state index contributed by atoms with van der Waals surface area (Å²) in [6.07, 6.45) is 3.72. The van der Waals surface area contributed by atoms with Crippen molar-refractivity contribution in [1.29, 1.82) is 0 Å². The minimum absolute atomic E-state index is 0.0347. The first kappa shape index (κ1) is 11.3. The molecule has 0 saturated carbocycles. The quantitative estimate of drug-likeness (QED) is 0.693. The number of allylic oxidation sites excluding steroid dienone is 1. The van der Waals surface area contributed by atoms with E-state index in [1.165, 1.54) is 4.90 Å². The maximum atomic E-state index is 11.4. The molecule has 0 radical (unpaired) electrons. The number of rotatable bonds is 5. The van der Waals surface area contributed by atoms with Crippen LogP contribution >= 0.6 is 11.8 Å². The average molecular weight is 213 g/mol. The number of amides is 1. The second-order valence-electron chi connectivity index (χ2n) is 3.33. The molecule has 0 aliphatic carbocycles. The standard InChI is InChI=1S/C10H15NO2S/c1-8-3-4-10(13)11(8)7-9(12)5-6-14-2/h1,3-7H2,2H3. The molecular formula is C10H15NO2S. The molecule has 78 valence electrons. The summed E-state index contributed by atoms with van der Waals surface area (Å²) >= 11 is 1.64. The summed E-state index contributed by atoms with van der Waals surface area (Å²) in [5.41, 5.74) is 0.785. The van der Waals surface area contributed by atoms with Crippen molar-refractivity contribution in [3.8, 4) is 0 Å². The summed E-state index contributed by atoms with van der Waals surface area (Å²) in [7, 11) is 0. The van der Waals surface area contributed by atoms with Crippen LogP contribution in [0.4, 0.5) is 0 Å². The van der Waals surface area contributed by atoms with Crippen LogP contribution in [0, 0.1) is 0 Å². The third-order valence-electron chi connectivity index (χ3n) is 2.23. The van der Waals surface area contributed by atoms with E-state index in [4.69, 9.17) is 0 Å². The Labute approximate surface area is 88.5 Å². The van der Waals surface area contributed by atoms with Gasteiger partial charge in [-0.1, -0.05) is 6.58 Å². The number of Topliss-reactive ketones (excluding diaryl/α,β-unsaturated/α-hetero) is 1. The van der Waals surface area contributed by atoms with Crippen LogP contribution in [0.5, 0.6) is 0 Å². The molecule has 1 aliphatic rings. The molecule has 0 atom stereocenters. The molecule has 1 amide bonds. The molecule has 0 aromatic heterocycles. The van der Waals surface area contributed by atoms with Gasteiger partial charge in [0.05, 0.1) is 6.54 Å². The van der Waals surface area contributed by atoms with Crippen molar-refractivity contribution in [3.05, 3.63) is 12.3 Å². The second kappa shape index (κ2) is 5.20. The topological polar surface area (TPSA) is 37.4 Å². The van der Waals surface area contributed by atoms with Crippen LogP contribution in [0.1, 0.15) is 19.3 Å². The van der Waals surface area contributed by atoms with Crippen molar-refractivity contribution in [1.82, 2.24) is 4.90 Å². The Morgan fingerprint density at radius 1 is 1.57 bits per heavy atom. The largest absolute Gasteiger partial charge is 0.309 e. The molecule has 1 saturated heterocycles. The number of ketones is 1. The molecular weight excluding hydrogens is 198 g/mol. The zero-order chi connectivity index (χ0) is 10.6. The summed E-state index contributed by atoms with van der Waals surface area (Å²) in [5.74, 6) is 0.983. The van der Waals surface area contributed by atoms with Gasteiger partial charge in [-0.05, 0) is 18.4 Å². The lowest BCUT2D eigenvalue weighted by Gasteiger charge is -2.15. The van der Waals surface area contributed by atoms with Gasteiger partial charge in [0.15, 0.2) is 5.78 Å². The summed E-state index contributed by atoms with van der Waals surface area (Å²) in [6.45, 7) is 3.99. The summed E-state index contributed by atoms with van der Waals surface area (Å²) in [4.78, 5) is 24.2. The van der Waals surface area contributed by atoms with E-state index in [1.54, 1.807) is 11.8 Å². The molecule has 0 spiro atoms. The highest BCUT2D eigenvalue weighted by atomic mass is 32.2. The monoisotopic (exact) mass is 213 g/mol. The lowest BCUT2D eigenvalue weighted by Crippen LogP contribution is -2.29. The number of likely N-dealkylation sites (tertiary alicyclic amines) is 1. The summed E-state index contributed by atoms with van der Waals surface area (Å²) in [5, 5.41) is 0. The molecule has 0 N–H and O–H groups in total. The van der Waals surface area contributed by atoms with Crippen LogP contribution in [0.2, 0.25) is 0 Å². The smallest absolute Gasteiger partial charge is 0.227 e. The van der Waals surface area contributed by atoms with Crippen LogP contribution in [-0.4, -0.2) is 35.1 Å². The Hall–Kier alpha value is -0.770. The van der Waals surface area contributed by atoms with Crippen molar-refractivity contribution in [2.75, 3.05) is 18.6 Å². The van der Waals surface area contributed by atoms with Gasteiger partial charge in [-0.3, -0.25) is 9.59 Å². The Balaban J connectivity index is 2.39. The van der Waals surface area contributed by atoms with Gasteiger partial charge in [0.1, 0.15) is 0 Å². The van der Waals surface area contributed by atoms with E-state index in [0.717, 1.165) is 11.4 Å². The Bertz CT molecular complexity index is 247. The predicted molar refractivity (Wildman–Crippen MR) is 58.1 cm³/mol. The van der Waals surface area contributed by atoms with Gasteiger partial charge in [-0.2, -0.15) is 11.8 Å². The third-order valence-corrected chi connectivity index (χ3v) is 2.84. The number of nitrogens with zero attached hydrogens (tertiary/aromatic N) is 1. The molecule has 0 aromatic rings. The fourth-order valence-corrected chi connectivity index (χ4v) is 1.80. The normalized spacial score (nSPS) is 16.5. The van der Waals surface area contributed by atoms with E-state index >= 15 is 0 Å². The molecule has 1 rings (SSSR count). The van der Waals surface area contributed by atoms with E-state index in [9.17, 15) is 9.59 Å².